The van der Waals surface area contributed by atoms with Gasteiger partial charge in [0, 0.05) is 34.1 Å². The van der Waals surface area contributed by atoms with Gasteiger partial charge in [-0.2, -0.15) is 0 Å². The highest BCUT2D eigenvalue weighted by molar-refractivity contribution is 5.89. The fourth-order valence-corrected chi connectivity index (χ4v) is 11.4. The van der Waals surface area contributed by atoms with Crippen LogP contribution in [0.5, 0.6) is 0 Å². The van der Waals surface area contributed by atoms with E-state index in [-0.39, 0.29) is 0 Å². The van der Waals surface area contributed by atoms with Crippen LogP contribution in [-0.4, -0.2) is 0 Å². The van der Waals surface area contributed by atoms with Crippen molar-refractivity contribution >= 4 is 34.1 Å². The zero-order chi connectivity index (χ0) is 50.0. The van der Waals surface area contributed by atoms with Gasteiger partial charge in [-0.25, -0.2) is 0 Å². The largest absolute Gasteiger partial charge is 0.310 e. The van der Waals surface area contributed by atoms with Crippen molar-refractivity contribution in [3.8, 4) is 55.6 Å². The minimum absolute atomic E-state index is 0.681. The molecule has 0 aliphatic heterocycles. The Morgan fingerprint density at radius 2 is 0.440 bits per heavy atom. The maximum atomic E-state index is 2.43. The van der Waals surface area contributed by atoms with Gasteiger partial charge < -0.3 is 9.80 Å². The molecule has 1 aliphatic rings. The van der Waals surface area contributed by atoms with Gasteiger partial charge in [0.25, 0.3) is 0 Å². The Hall–Kier alpha value is -9.76. The van der Waals surface area contributed by atoms with Crippen LogP contribution >= 0.6 is 0 Å². The summed E-state index contributed by atoms with van der Waals surface area (Å²) < 4.78 is 0. The van der Waals surface area contributed by atoms with E-state index in [0.717, 1.165) is 34.1 Å². The molecule has 2 heteroatoms. The lowest BCUT2D eigenvalue weighted by Crippen LogP contribution is -2.29. The molecule has 2 nitrogen and oxygen atoms in total. The van der Waals surface area contributed by atoms with Crippen LogP contribution in [0.2, 0.25) is 0 Å². The van der Waals surface area contributed by atoms with Crippen molar-refractivity contribution in [3.05, 3.63) is 338 Å². The van der Waals surface area contributed by atoms with Gasteiger partial charge >= 0.3 is 0 Å². The van der Waals surface area contributed by atoms with Crippen molar-refractivity contribution in [3.63, 3.8) is 0 Å². The molecule has 0 N–H and O–H groups in total. The molecule has 0 radical (unpaired) electrons. The van der Waals surface area contributed by atoms with Crippen LogP contribution in [0.25, 0.3) is 55.6 Å². The molecule has 1 aliphatic carbocycles. The Bertz CT molecular complexity index is 3460. The zero-order valence-electron chi connectivity index (χ0n) is 41.4. The van der Waals surface area contributed by atoms with Crippen LogP contribution in [0.4, 0.5) is 34.1 Å². The fraction of sp³-hybridized carbons (Fsp3) is 0.0137. The Labute approximate surface area is 440 Å². The van der Waals surface area contributed by atoms with Crippen molar-refractivity contribution in [2.45, 2.75) is 5.41 Å². The number of fused-ring (bicyclic) bond motifs is 3. The van der Waals surface area contributed by atoms with Gasteiger partial charge in [0.2, 0.25) is 0 Å². The normalized spacial score (nSPS) is 12.1. The second kappa shape index (κ2) is 19.7. The number of hydrogen-bond acceptors (Lipinski definition) is 2. The van der Waals surface area contributed by atoms with E-state index in [0.29, 0.717) is 0 Å². The molecule has 0 spiro atoms. The number of hydrogen-bond donors (Lipinski definition) is 0. The van der Waals surface area contributed by atoms with Crippen LogP contribution in [-0.2, 0) is 5.41 Å². The minimum atomic E-state index is -0.681. The van der Waals surface area contributed by atoms with E-state index in [1.165, 1.54) is 77.9 Å². The molecule has 354 valence electrons. The third-order valence-corrected chi connectivity index (χ3v) is 15.0. The summed E-state index contributed by atoms with van der Waals surface area (Å²) in [4.78, 5) is 4.81. The van der Waals surface area contributed by atoms with Crippen LogP contribution in [0.15, 0.2) is 315 Å². The molecule has 13 rings (SSSR count). The summed E-state index contributed by atoms with van der Waals surface area (Å²) in [6.07, 6.45) is 0. The molecule has 0 unspecified atom stereocenters. The average Bonchev–Trinajstić information content (AvgIpc) is 3.92. The quantitative estimate of drug-likeness (QED) is 0.120. The molecular formula is C73H52N2. The van der Waals surface area contributed by atoms with Gasteiger partial charge in [0.1, 0.15) is 0 Å². The Kier molecular flexibility index (Phi) is 11.8. The van der Waals surface area contributed by atoms with E-state index in [1.54, 1.807) is 0 Å². The third kappa shape index (κ3) is 8.39. The maximum absolute atomic E-state index is 2.43. The highest BCUT2D eigenvalue weighted by atomic mass is 15.1. The zero-order valence-corrected chi connectivity index (χ0v) is 41.4. The first kappa shape index (κ1) is 45.1. The lowest BCUT2D eigenvalue weighted by molar-refractivity contribution is 0.768. The second-order valence-electron chi connectivity index (χ2n) is 19.3. The van der Waals surface area contributed by atoms with E-state index < -0.39 is 5.41 Å². The molecule has 0 saturated heterocycles. The van der Waals surface area contributed by atoms with E-state index in [1.807, 2.05) is 0 Å². The summed E-state index contributed by atoms with van der Waals surface area (Å²) in [5.74, 6) is 0. The molecule has 0 atom stereocenters. The van der Waals surface area contributed by atoms with Gasteiger partial charge in [-0.1, -0.05) is 243 Å². The van der Waals surface area contributed by atoms with Crippen LogP contribution in [0.1, 0.15) is 22.3 Å². The number of benzene rings is 12. The predicted octanol–water partition coefficient (Wildman–Crippen LogP) is 19.7. The van der Waals surface area contributed by atoms with Crippen molar-refractivity contribution in [2.24, 2.45) is 0 Å². The van der Waals surface area contributed by atoms with E-state index in [4.69, 9.17) is 0 Å². The first-order valence-corrected chi connectivity index (χ1v) is 25.8. The smallest absolute Gasteiger partial charge is 0.0715 e. The Balaban J connectivity index is 0.988. The van der Waals surface area contributed by atoms with Gasteiger partial charge in [-0.15, -0.1) is 0 Å². The molecule has 0 aromatic heterocycles. The monoisotopic (exact) mass is 956 g/mol. The van der Waals surface area contributed by atoms with E-state index >= 15 is 0 Å². The predicted molar refractivity (Wildman–Crippen MR) is 315 cm³/mol. The summed E-state index contributed by atoms with van der Waals surface area (Å²) in [6.45, 7) is 0. The van der Waals surface area contributed by atoms with Crippen molar-refractivity contribution < 1.29 is 0 Å². The standard InChI is InChI=1S/C73H52N2/c1-5-19-53(20-6-1)57-35-43-63(44-36-57)74(64-45-37-58(38-46-64)54-21-7-2-8-22-54)67-29-17-27-61(51-67)73(71-33-15-13-31-69(71)70-32-14-16-34-72(70)73)62-28-18-30-68(52-62)75(65-47-39-59(40-48-65)55-23-9-3-10-24-55)66-49-41-60(42-50-66)56-25-11-4-12-26-56/h1-52H. The summed E-state index contributed by atoms with van der Waals surface area (Å²) >= 11 is 0. The first-order valence-electron chi connectivity index (χ1n) is 25.8. The second-order valence-corrected chi connectivity index (χ2v) is 19.3. The first-order chi connectivity index (χ1) is 37.2. The van der Waals surface area contributed by atoms with Crippen molar-refractivity contribution in [2.75, 3.05) is 9.80 Å². The Morgan fingerprint density at radius 3 is 0.733 bits per heavy atom. The van der Waals surface area contributed by atoms with Gasteiger partial charge in [-0.3, -0.25) is 0 Å². The van der Waals surface area contributed by atoms with E-state index in [9.17, 15) is 0 Å². The topological polar surface area (TPSA) is 6.48 Å². The maximum Gasteiger partial charge on any atom is 0.0715 e. The number of anilines is 6. The number of rotatable bonds is 12. The van der Waals surface area contributed by atoms with Crippen LogP contribution in [0.3, 0.4) is 0 Å². The molecule has 12 aromatic rings. The molecular weight excluding hydrogens is 905 g/mol. The summed E-state index contributed by atoms with van der Waals surface area (Å²) in [5, 5.41) is 0. The van der Waals surface area contributed by atoms with Gasteiger partial charge in [0.05, 0.1) is 5.41 Å². The lowest BCUT2D eigenvalue weighted by atomic mass is 9.67. The minimum Gasteiger partial charge on any atom is -0.310 e. The molecule has 0 saturated carbocycles. The molecule has 0 heterocycles. The summed E-state index contributed by atoms with van der Waals surface area (Å²) in [7, 11) is 0. The molecule has 0 amide bonds. The van der Waals surface area contributed by atoms with Crippen LogP contribution in [0, 0.1) is 0 Å². The highest BCUT2D eigenvalue weighted by Crippen LogP contribution is 2.57. The fourth-order valence-electron chi connectivity index (χ4n) is 11.4. The van der Waals surface area contributed by atoms with Crippen molar-refractivity contribution in [1.29, 1.82) is 0 Å². The SMILES string of the molecule is c1ccc(-c2ccc(N(c3ccc(-c4ccccc4)cc3)c3cccc(C4(c5cccc(N(c6ccc(-c7ccccc7)cc6)c6ccc(-c7ccccc7)cc6)c5)c5ccccc5-c5ccccc54)c3)cc2)cc1. The highest BCUT2D eigenvalue weighted by Gasteiger charge is 2.46. The number of nitrogens with zero attached hydrogens (tertiary/aromatic N) is 2. The molecule has 12 aromatic carbocycles. The average molecular weight is 957 g/mol. The molecule has 0 fully saturated rings. The van der Waals surface area contributed by atoms with Gasteiger partial charge in [-0.05, 0) is 151 Å². The van der Waals surface area contributed by atoms with E-state index in [2.05, 4.69) is 325 Å². The van der Waals surface area contributed by atoms with Crippen LogP contribution < -0.4 is 9.80 Å². The van der Waals surface area contributed by atoms with Gasteiger partial charge in [0.15, 0.2) is 0 Å². The third-order valence-electron chi connectivity index (χ3n) is 15.0. The molecule has 75 heavy (non-hydrogen) atoms. The lowest BCUT2D eigenvalue weighted by Gasteiger charge is -2.36. The van der Waals surface area contributed by atoms with Crippen molar-refractivity contribution in [1.82, 2.24) is 0 Å². The molecule has 0 bridgehead atoms. The summed E-state index contributed by atoms with van der Waals surface area (Å²) in [5.41, 5.74) is 22.7. The summed E-state index contributed by atoms with van der Waals surface area (Å²) in [6, 6.07) is 115. The Morgan fingerprint density at radius 1 is 0.187 bits per heavy atom.